The van der Waals surface area contributed by atoms with Crippen LogP contribution in [-0.2, 0) is 17.6 Å². The summed E-state index contributed by atoms with van der Waals surface area (Å²) in [6.45, 7) is 2.08. The fourth-order valence-corrected chi connectivity index (χ4v) is 2.69. The van der Waals surface area contributed by atoms with Crippen molar-refractivity contribution in [2.24, 2.45) is 5.10 Å². The Morgan fingerprint density at radius 3 is 2.54 bits per heavy atom. The van der Waals surface area contributed by atoms with Gasteiger partial charge in [0.2, 0.25) is 5.91 Å². The number of benzene rings is 2. The fourth-order valence-electron chi connectivity index (χ4n) is 2.69. The quantitative estimate of drug-likeness (QED) is 0.380. The van der Waals surface area contributed by atoms with E-state index in [1.807, 2.05) is 24.3 Å². The molecule has 1 heterocycles. The average molecular weight is 377 g/mol. The fraction of sp³-hybridized carbons (Fsp3) is 0.143. The van der Waals surface area contributed by atoms with Gasteiger partial charge in [0.15, 0.2) is 0 Å². The lowest BCUT2D eigenvalue weighted by atomic mass is 10.1. The Morgan fingerprint density at radius 1 is 1.11 bits per heavy atom. The topological polar surface area (TPSA) is 97.7 Å². The van der Waals surface area contributed by atoms with Gasteiger partial charge < -0.3 is 4.42 Å². The number of amides is 1. The molecule has 0 saturated heterocycles. The molecule has 0 aliphatic carbocycles. The summed E-state index contributed by atoms with van der Waals surface area (Å²) in [6, 6.07) is 17.4. The summed E-state index contributed by atoms with van der Waals surface area (Å²) >= 11 is 0. The zero-order chi connectivity index (χ0) is 19.9. The Labute approximate surface area is 161 Å². The number of nitro benzene ring substituents is 1. The number of nitrogens with one attached hydrogen (secondary N) is 1. The first kappa shape index (κ1) is 19.0. The molecular formula is C21H19N3O4. The number of hydrazone groups is 1. The second-order valence-electron chi connectivity index (χ2n) is 6.12. The monoisotopic (exact) mass is 377 g/mol. The van der Waals surface area contributed by atoms with Crippen molar-refractivity contribution in [1.82, 2.24) is 5.43 Å². The molecule has 0 unspecified atom stereocenters. The number of nitro groups is 1. The highest BCUT2D eigenvalue weighted by Crippen LogP contribution is 2.30. The standard InChI is InChI=1S/C21H19N3O4/c1-2-15-7-9-16(10-8-15)13-21(25)23-22-14-17-11-12-20(28-17)18-5-3-4-6-19(18)24(26)27/h3-12,14H,2,13H2,1H3,(H,23,25)/b22-14-. The molecule has 0 bridgehead atoms. The van der Waals surface area contributed by atoms with Crippen LogP contribution in [0.25, 0.3) is 11.3 Å². The van der Waals surface area contributed by atoms with E-state index in [9.17, 15) is 14.9 Å². The molecule has 0 atom stereocenters. The number of aryl methyl sites for hydroxylation is 1. The summed E-state index contributed by atoms with van der Waals surface area (Å²) < 4.78 is 5.58. The first-order chi connectivity index (χ1) is 13.6. The van der Waals surface area contributed by atoms with E-state index >= 15 is 0 Å². The molecule has 1 N–H and O–H groups in total. The SMILES string of the molecule is CCc1ccc(CC(=O)N/N=C\c2ccc(-c3ccccc3[N+](=O)[O-])o2)cc1. The van der Waals surface area contributed by atoms with Gasteiger partial charge in [-0.3, -0.25) is 14.9 Å². The molecule has 1 aromatic heterocycles. The molecule has 0 fully saturated rings. The molecule has 0 aliphatic rings. The van der Waals surface area contributed by atoms with E-state index in [0.29, 0.717) is 17.1 Å². The summed E-state index contributed by atoms with van der Waals surface area (Å²) in [4.78, 5) is 22.6. The molecule has 7 nitrogen and oxygen atoms in total. The number of carbonyl (C=O) groups excluding carboxylic acids is 1. The van der Waals surface area contributed by atoms with Gasteiger partial charge in [-0.1, -0.05) is 43.3 Å². The maximum absolute atomic E-state index is 12.0. The Kier molecular flexibility index (Phi) is 5.96. The molecule has 0 aliphatic heterocycles. The largest absolute Gasteiger partial charge is 0.455 e. The van der Waals surface area contributed by atoms with Crippen LogP contribution in [0.5, 0.6) is 0 Å². The molecule has 0 saturated carbocycles. The first-order valence-electron chi connectivity index (χ1n) is 8.80. The van der Waals surface area contributed by atoms with Crippen LogP contribution in [0.1, 0.15) is 23.8 Å². The number of hydrogen-bond donors (Lipinski definition) is 1. The van der Waals surface area contributed by atoms with E-state index in [0.717, 1.165) is 12.0 Å². The highest BCUT2D eigenvalue weighted by Gasteiger charge is 2.16. The van der Waals surface area contributed by atoms with Gasteiger partial charge >= 0.3 is 0 Å². The predicted molar refractivity (Wildman–Crippen MR) is 106 cm³/mol. The molecule has 0 radical (unpaired) electrons. The van der Waals surface area contributed by atoms with Crippen molar-refractivity contribution in [2.75, 3.05) is 0 Å². The summed E-state index contributed by atoms with van der Waals surface area (Å²) in [5.74, 6) is 0.489. The lowest BCUT2D eigenvalue weighted by Gasteiger charge is -2.02. The van der Waals surface area contributed by atoms with Gasteiger partial charge in [0.25, 0.3) is 5.69 Å². The Morgan fingerprint density at radius 2 is 1.82 bits per heavy atom. The van der Waals surface area contributed by atoms with Gasteiger partial charge in [-0.25, -0.2) is 5.43 Å². The zero-order valence-corrected chi connectivity index (χ0v) is 15.3. The van der Waals surface area contributed by atoms with Crippen LogP contribution in [0.2, 0.25) is 0 Å². The van der Waals surface area contributed by atoms with Gasteiger partial charge in [-0.05, 0) is 35.7 Å². The maximum Gasteiger partial charge on any atom is 0.280 e. The number of para-hydroxylation sites is 1. The van der Waals surface area contributed by atoms with Gasteiger partial charge in [0, 0.05) is 6.07 Å². The third-order valence-electron chi connectivity index (χ3n) is 4.17. The number of rotatable bonds is 7. The maximum atomic E-state index is 12.0. The van der Waals surface area contributed by atoms with Crippen LogP contribution >= 0.6 is 0 Å². The van der Waals surface area contributed by atoms with Crippen molar-refractivity contribution in [3.05, 3.63) is 87.7 Å². The van der Waals surface area contributed by atoms with Crippen LogP contribution in [0.3, 0.4) is 0 Å². The zero-order valence-electron chi connectivity index (χ0n) is 15.3. The summed E-state index contributed by atoms with van der Waals surface area (Å²) in [5, 5.41) is 15.0. The molecule has 3 aromatic rings. The lowest BCUT2D eigenvalue weighted by molar-refractivity contribution is -0.384. The van der Waals surface area contributed by atoms with Crippen molar-refractivity contribution < 1.29 is 14.1 Å². The Bertz CT molecular complexity index is 1010. The van der Waals surface area contributed by atoms with Crippen molar-refractivity contribution in [1.29, 1.82) is 0 Å². The number of hydrogen-bond acceptors (Lipinski definition) is 5. The summed E-state index contributed by atoms with van der Waals surface area (Å²) in [5.41, 5.74) is 4.91. The second-order valence-corrected chi connectivity index (χ2v) is 6.12. The number of carbonyl (C=O) groups is 1. The molecule has 142 valence electrons. The van der Waals surface area contributed by atoms with Crippen molar-refractivity contribution in [2.45, 2.75) is 19.8 Å². The average Bonchev–Trinajstić information content (AvgIpc) is 3.17. The Hall–Kier alpha value is -3.74. The van der Waals surface area contributed by atoms with E-state index in [2.05, 4.69) is 17.5 Å². The normalized spacial score (nSPS) is 10.9. The van der Waals surface area contributed by atoms with Gasteiger partial charge in [-0.15, -0.1) is 0 Å². The first-order valence-corrected chi connectivity index (χ1v) is 8.80. The van der Waals surface area contributed by atoms with Crippen molar-refractivity contribution in [3.8, 4) is 11.3 Å². The van der Waals surface area contributed by atoms with Crippen LogP contribution in [-0.4, -0.2) is 17.0 Å². The van der Waals surface area contributed by atoms with E-state index in [-0.39, 0.29) is 18.0 Å². The molecule has 28 heavy (non-hydrogen) atoms. The molecule has 7 heteroatoms. The van der Waals surface area contributed by atoms with Crippen molar-refractivity contribution >= 4 is 17.8 Å². The van der Waals surface area contributed by atoms with E-state index < -0.39 is 4.92 Å². The van der Waals surface area contributed by atoms with Crippen LogP contribution in [0.4, 0.5) is 5.69 Å². The second kappa shape index (κ2) is 8.77. The highest BCUT2D eigenvalue weighted by molar-refractivity contribution is 5.82. The smallest absolute Gasteiger partial charge is 0.280 e. The third-order valence-corrected chi connectivity index (χ3v) is 4.17. The summed E-state index contributed by atoms with van der Waals surface area (Å²) in [6.07, 6.45) is 2.53. The molecule has 0 spiro atoms. The van der Waals surface area contributed by atoms with E-state index in [1.165, 1.54) is 17.8 Å². The van der Waals surface area contributed by atoms with Crippen LogP contribution in [0, 0.1) is 10.1 Å². The minimum absolute atomic E-state index is 0.0391. The molecule has 1 amide bonds. The number of nitrogens with zero attached hydrogens (tertiary/aromatic N) is 2. The minimum Gasteiger partial charge on any atom is -0.455 e. The molecule has 2 aromatic carbocycles. The number of furan rings is 1. The summed E-state index contributed by atoms with van der Waals surface area (Å²) in [7, 11) is 0. The van der Waals surface area contributed by atoms with Crippen LogP contribution in [0.15, 0.2) is 70.2 Å². The van der Waals surface area contributed by atoms with Gasteiger partial charge in [0.05, 0.1) is 23.1 Å². The molecule has 3 rings (SSSR count). The third kappa shape index (κ3) is 4.70. The Balaban J connectivity index is 1.61. The highest BCUT2D eigenvalue weighted by atomic mass is 16.6. The van der Waals surface area contributed by atoms with Crippen LogP contribution < -0.4 is 5.43 Å². The molecular weight excluding hydrogens is 358 g/mol. The lowest BCUT2D eigenvalue weighted by Crippen LogP contribution is -2.19. The van der Waals surface area contributed by atoms with E-state index in [1.54, 1.807) is 30.3 Å². The minimum atomic E-state index is -0.459. The van der Waals surface area contributed by atoms with Crippen molar-refractivity contribution in [3.63, 3.8) is 0 Å². The van der Waals surface area contributed by atoms with E-state index in [4.69, 9.17) is 4.42 Å². The van der Waals surface area contributed by atoms with Gasteiger partial charge in [-0.2, -0.15) is 5.10 Å². The predicted octanol–water partition coefficient (Wildman–Crippen LogP) is 4.11. The van der Waals surface area contributed by atoms with Gasteiger partial charge in [0.1, 0.15) is 11.5 Å².